The van der Waals surface area contributed by atoms with Gasteiger partial charge in [-0.1, -0.05) is 6.07 Å². The van der Waals surface area contributed by atoms with Crippen LogP contribution in [0.15, 0.2) is 53.5 Å². The van der Waals surface area contributed by atoms with Gasteiger partial charge < -0.3 is 25.2 Å². The van der Waals surface area contributed by atoms with Crippen molar-refractivity contribution in [3.63, 3.8) is 0 Å². The molecule has 0 spiro atoms. The van der Waals surface area contributed by atoms with E-state index in [0.29, 0.717) is 16.4 Å². The lowest BCUT2D eigenvalue weighted by molar-refractivity contribution is -0.117. The number of imidazole rings is 1. The third-order valence-corrected chi connectivity index (χ3v) is 6.52. The SMILES string of the molecule is COc1ccc(SN(C)C)c(CNC(=O)/C(N)=C/N(N)Cc2cn3cc(C4CC4)ccc3n2)c1F. The Hall–Kier alpha value is -3.28. The highest BCUT2D eigenvalue weighted by atomic mass is 32.2. The Balaban J connectivity index is 1.40. The van der Waals surface area contributed by atoms with Gasteiger partial charge in [-0.05, 0) is 68.6 Å². The minimum Gasteiger partial charge on any atom is -0.494 e. The number of methoxy groups -OCH3 is 1. The molecule has 11 heteroatoms. The Morgan fingerprint density at radius 2 is 2.09 bits per heavy atom. The van der Waals surface area contributed by atoms with E-state index in [1.807, 2.05) is 35.1 Å². The molecule has 0 radical (unpaired) electrons. The Kier molecular flexibility index (Phi) is 7.48. The maximum absolute atomic E-state index is 14.9. The van der Waals surface area contributed by atoms with Crippen LogP contribution in [0.4, 0.5) is 4.39 Å². The molecule has 0 bridgehead atoms. The van der Waals surface area contributed by atoms with E-state index in [-0.39, 0.29) is 24.5 Å². The van der Waals surface area contributed by atoms with E-state index < -0.39 is 11.7 Å². The molecule has 5 N–H and O–H groups in total. The molecule has 4 rings (SSSR count). The van der Waals surface area contributed by atoms with Crippen molar-refractivity contribution >= 4 is 23.5 Å². The van der Waals surface area contributed by atoms with E-state index in [9.17, 15) is 9.18 Å². The van der Waals surface area contributed by atoms with Gasteiger partial charge in [-0.15, -0.1) is 0 Å². The number of pyridine rings is 1. The second-order valence-corrected chi connectivity index (χ2v) is 9.99. The highest BCUT2D eigenvalue weighted by Crippen LogP contribution is 2.39. The Morgan fingerprint density at radius 3 is 2.77 bits per heavy atom. The second-order valence-electron chi connectivity index (χ2n) is 8.64. The third-order valence-electron chi connectivity index (χ3n) is 5.58. The molecule has 2 heterocycles. The minimum atomic E-state index is -0.562. The molecule has 1 saturated carbocycles. The van der Waals surface area contributed by atoms with E-state index in [0.717, 1.165) is 11.3 Å². The number of nitrogens with zero attached hydrogens (tertiary/aromatic N) is 4. The van der Waals surface area contributed by atoms with Crippen LogP contribution in [-0.2, 0) is 17.9 Å². The molecule has 2 aromatic heterocycles. The fourth-order valence-electron chi connectivity index (χ4n) is 3.72. The van der Waals surface area contributed by atoms with E-state index in [1.165, 1.54) is 48.7 Å². The second kappa shape index (κ2) is 10.5. The van der Waals surface area contributed by atoms with Crippen LogP contribution in [-0.4, -0.2) is 45.8 Å². The summed E-state index contributed by atoms with van der Waals surface area (Å²) in [5.74, 6) is 5.73. The van der Waals surface area contributed by atoms with Gasteiger partial charge in [0.05, 0.1) is 19.3 Å². The summed E-state index contributed by atoms with van der Waals surface area (Å²) in [5, 5.41) is 3.96. The molecule has 1 aromatic carbocycles. The third kappa shape index (κ3) is 6.05. The number of aromatic nitrogens is 2. The number of rotatable bonds is 10. The first-order valence-corrected chi connectivity index (χ1v) is 12.0. The van der Waals surface area contributed by atoms with Crippen LogP contribution in [0.25, 0.3) is 5.65 Å². The molecule has 0 unspecified atom stereocenters. The fraction of sp³-hybridized carbons (Fsp3) is 0.333. The standard InChI is InChI=1S/C24H30FN7O2S/c1-30(2)35-21-8-7-20(34-3)23(25)18(21)10-28-24(33)19(26)14-32(27)13-17-12-31-11-16(15-4-5-15)6-9-22(31)29-17/h6-9,11-12,14-15H,4-5,10,13,26-27H2,1-3H3,(H,28,33)/b19-14-. The number of carbonyl (C=O) groups is 1. The van der Waals surface area contributed by atoms with Crippen LogP contribution in [0.2, 0.25) is 0 Å². The van der Waals surface area contributed by atoms with Crippen molar-refractivity contribution < 1.29 is 13.9 Å². The van der Waals surface area contributed by atoms with Crippen LogP contribution < -0.4 is 21.6 Å². The summed E-state index contributed by atoms with van der Waals surface area (Å²) in [6.45, 7) is 0.204. The number of ether oxygens (including phenoxy) is 1. The number of nitrogens with one attached hydrogen (secondary N) is 1. The van der Waals surface area contributed by atoms with Crippen LogP contribution in [0.5, 0.6) is 5.75 Å². The van der Waals surface area contributed by atoms with Gasteiger partial charge in [0.2, 0.25) is 0 Å². The Morgan fingerprint density at radius 1 is 1.31 bits per heavy atom. The number of benzene rings is 1. The molecular formula is C24H30FN7O2S. The predicted molar refractivity (Wildman–Crippen MR) is 134 cm³/mol. The van der Waals surface area contributed by atoms with E-state index in [1.54, 1.807) is 12.1 Å². The molecule has 0 atom stereocenters. The van der Waals surface area contributed by atoms with Crippen molar-refractivity contribution in [2.75, 3.05) is 21.2 Å². The number of amides is 1. The molecular weight excluding hydrogens is 469 g/mol. The first-order chi connectivity index (χ1) is 16.7. The van der Waals surface area contributed by atoms with Crippen LogP contribution >= 0.6 is 11.9 Å². The summed E-state index contributed by atoms with van der Waals surface area (Å²) < 4.78 is 23.8. The van der Waals surface area contributed by atoms with Gasteiger partial charge in [0.1, 0.15) is 11.3 Å². The highest BCUT2D eigenvalue weighted by molar-refractivity contribution is 7.97. The topological polar surface area (TPSA) is 114 Å². The minimum absolute atomic E-state index is 0.0626. The first kappa shape index (κ1) is 24.8. The number of fused-ring (bicyclic) bond motifs is 1. The smallest absolute Gasteiger partial charge is 0.268 e. The lowest BCUT2D eigenvalue weighted by atomic mass is 10.2. The number of carbonyl (C=O) groups excluding carboxylic acids is 1. The molecule has 9 nitrogen and oxygen atoms in total. The van der Waals surface area contributed by atoms with E-state index >= 15 is 0 Å². The van der Waals surface area contributed by atoms with Crippen molar-refractivity contribution in [3.05, 3.63) is 71.2 Å². The molecule has 1 amide bonds. The monoisotopic (exact) mass is 499 g/mol. The maximum Gasteiger partial charge on any atom is 0.268 e. The van der Waals surface area contributed by atoms with Crippen LogP contribution in [0, 0.1) is 5.82 Å². The van der Waals surface area contributed by atoms with Crippen molar-refractivity contribution in [3.8, 4) is 5.75 Å². The summed E-state index contributed by atoms with van der Waals surface area (Å²) >= 11 is 1.34. The van der Waals surface area contributed by atoms with Gasteiger partial charge >= 0.3 is 0 Å². The van der Waals surface area contributed by atoms with E-state index in [4.69, 9.17) is 16.3 Å². The van der Waals surface area contributed by atoms with Gasteiger partial charge in [0, 0.05) is 35.6 Å². The molecule has 0 aliphatic heterocycles. The quantitative estimate of drug-likeness (QED) is 0.169. The van der Waals surface area contributed by atoms with E-state index in [2.05, 4.69) is 22.6 Å². The number of halogens is 1. The zero-order valence-corrected chi connectivity index (χ0v) is 20.8. The highest BCUT2D eigenvalue weighted by Gasteiger charge is 2.24. The van der Waals surface area contributed by atoms with Gasteiger partial charge in [-0.25, -0.2) is 15.2 Å². The molecule has 1 aliphatic carbocycles. The van der Waals surface area contributed by atoms with Gasteiger partial charge in [-0.3, -0.25) is 9.10 Å². The number of hydrogen-bond donors (Lipinski definition) is 3. The summed E-state index contributed by atoms with van der Waals surface area (Å²) in [6, 6.07) is 7.41. The van der Waals surface area contributed by atoms with Crippen LogP contribution in [0.1, 0.15) is 35.6 Å². The fourth-order valence-corrected chi connectivity index (χ4v) is 4.52. The zero-order chi connectivity index (χ0) is 25.1. The maximum atomic E-state index is 14.9. The normalized spacial score (nSPS) is 13.9. The lowest BCUT2D eigenvalue weighted by Gasteiger charge is -2.17. The van der Waals surface area contributed by atoms with Gasteiger partial charge in [0.15, 0.2) is 11.6 Å². The largest absolute Gasteiger partial charge is 0.494 e. The Bertz CT molecular complexity index is 1260. The van der Waals surface area contributed by atoms with Gasteiger partial charge in [0.25, 0.3) is 5.91 Å². The lowest BCUT2D eigenvalue weighted by Crippen LogP contribution is -2.33. The van der Waals surface area contributed by atoms with Crippen molar-refractivity contribution in [1.82, 2.24) is 24.0 Å². The van der Waals surface area contributed by atoms with Crippen molar-refractivity contribution in [2.24, 2.45) is 11.6 Å². The summed E-state index contributed by atoms with van der Waals surface area (Å²) in [6.07, 6.45) is 7.82. The van der Waals surface area contributed by atoms with Crippen molar-refractivity contribution in [1.29, 1.82) is 0 Å². The molecule has 186 valence electrons. The average molecular weight is 500 g/mol. The first-order valence-electron chi connectivity index (χ1n) is 11.2. The molecule has 0 saturated heterocycles. The predicted octanol–water partition coefficient (Wildman–Crippen LogP) is 2.72. The zero-order valence-electron chi connectivity index (χ0n) is 20.0. The average Bonchev–Trinajstić information content (AvgIpc) is 3.58. The molecule has 3 aromatic rings. The summed E-state index contributed by atoms with van der Waals surface area (Å²) in [4.78, 5) is 17.8. The number of hydrogen-bond acceptors (Lipinski definition) is 8. The number of nitrogens with two attached hydrogens (primary N) is 2. The summed E-state index contributed by atoms with van der Waals surface area (Å²) in [5.41, 5.74) is 9.05. The molecule has 35 heavy (non-hydrogen) atoms. The van der Waals surface area contributed by atoms with Gasteiger partial charge in [-0.2, -0.15) is 0 Å². The van der Waals surface area contributed by atoms with Crippen molar-refractivity contribution in [2.45, 2.75) is 36.7 Å². The van der Waals surface area contributed by atoms with Crippen LogP contribution in [0.3, 0.4) is 0 Å². The Labute approximate surface area is 208 Å². The summed E-state index contributed by atoms with van der Waals surface area (Å²) in [7, 11) is 5.09. The number of hydrazine groups is 1. The molecule has 1 fully saturated rings. The molecule has 1 aliphatic rings.